The number of hydroxylamine groups is 1. The van der Waals surface area contributed by atoms with Crippen molar-refractivity contribution in [1.29, 1.82) is 0 Å². The van der Waals surface area contributed by atoms with E-state index in [9.17, 15) is 4.79 Å². The van der Waals surface area contributed by atoms with Crippen LogP contribution in [0.25, 0.3) is 10.9 Å². The van der Waals surface area contributed by atoms with E-state index in [2.05, 4.69) is 53.0 Å². The minimum atomic E-state index is -0.313. The van der Waals surface area contributed by atoms with Crippen molar-refractivity contribution >= 4 is 22.6 Å². The standard InChI is InChI=1S/C28H28N4O2/c1-19-24(8-4-10-26(19)34-32-28(33)22-7-5-17-29-18-22)20-11-14-23(15-12-20)30-27-16-13-21-6-2-3-9-25(21)31-27/h2-10,13,16-18,20,23H,11-12,14-15H2,1H3,(H,30,31)(H,32,33)/t20-,23+. The van der Waals surface area contributed by atoms with Crippen LogP contribution < -0.4 is 15.6 Å². The number of carbonyl (C=O) groups excluding carboxylic acids is 1. The number of carbonyl (C=O) groups is 1. The molecule has 0 atom stereocenters. The van der Waals surface area contributed by atoms with Gasteiger partial charge in [-0.05, 0) is 86.1 Å². The summed E-state index contributed by atoms with van der Waals surface area (Å²) in [6.45, 7) is 2.06. The molecule has 1 fully saturated rings. The van der Waals surface area contributed by atoms with E-state index in [1.54, 1.807) is 18.3 Å². The number of amides is 1. The van der Waals surface area contributed by atoms with E-state index in [0.717, 1.165) is 48.0 Å². The van der Waals surface area contributed by atoms with Crippen LogP contribution >= 0.6 is 0 Å². The molecule has 1 saturated carbocycles. The zero-order valence-corrected chi connectivity index (χ0v) is 19.2. The number of fused-ring (bicyclic) bond motifs is 1. The molecule has 5 rings (SSSR count). The molecule has 0 bridgehead atoms. The summed E-state index contributed by atoms with van der Waals surface area (Å²) in [5, 5.41) is 4.79. The van der Waals surface area contributed by atoms with Gasteiger partial charge in [-0.3, -0.25) is 9.78 Å². The molecular formula is C28H28N4O2. The number of hydrogen-bond acceptors (Lipinski definition) is 5. The molecule has 34 heavy (non-hydrogen) atoms. The summed E-state index contributed by atoms with van der Waals surface area (Å²) in [4.78, 5) is 26.7. The second kappa shape index (κ2) is 9.91. The van der Waals surface area contributed by atoms with Gasteiger partial charge in [0.15, 0.2) is 5.75 Å². The third-order valence-corrected chi connectivity index (χ3v) is 6.62. The number of para-hydroxylation sites is 1. The Morgan fingerprint density at radius 3 is 2.62 bits per heavy atom. The highest BCUT2D eigenvalue weighted by molar-refractivity contribution is 5.93. The van der Waals surface area contributed by atoms with E-state index >= 15 is 0 Å². The normalized spacial score (nSPS) is 17.8. The second-order valence-electron chi connectivity index (χ2n) is 8.83. The molecule has 2 aromatic carbocycles. The van der Waals surface area contributed by atoms with Crippen molar-refractivity contribution in [1.82, 2.24) is 15.4 Å². The number of anilines is 1. The predicted molar refractivity (Wildman–Crippen MR) is 134 cm³/mol. The Labute approximate surface area is 199 Å². The van der Waals surface area contributed by atoms with Gasteiger partial charge in [-0.1, -0.05) is 30.3 Å². The van der Waals surface area contributed by atoms with Crippen LogP contribution in [0.1, 0.15) is 53.1 Å². The average Bonchev–Trinajstić information content (AvgIpc) is 2.89. The van der Waals surface area contributed by atoms with Crippen LogP contribution in [0, 0.1) is 6.92 Å². The number of aromatic nitrogens is 2. The van der Waals surface area contributed by atoms with Crippen molar-refractivity contribution in [3.63, 3.8) is 0 Å². The molecule has 2 aromatic heterocycles. The highest BCUT2D eigenvalue weighted by atomic mass is 16.7. The van der Waals surface area contributed by atoms with Crippen molar-refractivity contribution in [3.8, 4) is 5.75 Å². The number of hydrogen-bond donors (Lipinski definition) is 2. The van der Waals surface area contributed by atoms with Crippen molar-refractivity contribution in [3.05, 3.63) is 95.8 Å². The molecule has 1 aliphatic rings. The molecule has 0 radical (unpaired) electrons. The maximum absolute atomic E-state index is 12.3. The lowest BCUT2D eigenvalue weighted by atomic mass is 9.80. The van der Waals surface area contributed by atoms with E-state index in [1.165, 1.54) is 11.8 Å². The lowest BCUT2D eigenvalue weighted by Gasteiger charge is -2.30. The summed E-state index contributed by atoms with van der Waals surface area (Å²) in [5.74, 6) is 1.78. The molecular weight excluding hydrogens is 424 g/mol. The molecule has 0 spiro atoms. The Balaban J connectivity index is 1.19. The summed E-state index contributed by atoms with van der Waals surface area (Å²) < 4.78 is 0. The molecule has 0 saturated heterocycles. The molecule has 4 aromatic rings. The van der Waals surface area contributed by atoms with E-state index in [-0.39, 0.29) is 5.91 Å². The number of pyridine rings is 2. The van der Waals surface area contributed by atoms with Gasteiger partial charge in [0.1, 0.15) is 5.82 Å². The van der Waals surface area contributed by atoms with Crippen molar-refractivity contribution in [2.24, 2.45) is 0 Å². The monoisotopic (exact) mass is 452 g/mol. The lowest BCUT2D eigenvalue weighted by molar-refractivity contribution is 0.0758. The Morgan fingerprint density at radius 2 is 1.79 bits per heavy atom. The van der Waals surface area contributed by atoms with Crippen LogP contribution in [0.15, 0.2) is 79.1 Å². The van der Waals surface area contributed by atoms with E-state index in [4.69, 9.17) is 9.82 Å². The van der Waals surface area contributed by atoms with Gasteiger partial charge in [-0.2, -0.15) is 5.48 Å². The Kier molecular flexibility index (Phi) is 6.38. The largest absolute Gasteiger partial charge is 0.379 e. The SMILES string of the molecule is Cc1c(ONC(=O)c2cccnc2)cccc1[C@H]1CC[C@@H](Nc2ccc3ccccc3n2)CC1. The fourth-order valence-corrected chi connectivity index (χ4v) is 4.75. The van der Waals surface area contributed by atoms with Crippen LogP contribution in [-0.4, -0.2) is 21.9 Å². The maximum atomic E-state index is 12.3. The molecule has 0 aliphatic heterocycles. The first kappa shape index (κ1) is 21.9. The first-order valence-electron chi connectivity index (χ1n) is 11.8. The average molecular weight is 453 g/mol. The second-order valence-corrected chi connectivity index (χ2v) is 8.83. The Morgan fingerprint density at radius 1 is 0.941 bits per heavy atom. The zero-order chi connectivity index (χ0) is 23.3. The molecule has 1 aliphatic carbocycles. The van der Waals surface area contributed by atoms with Crippen LogP contribution in [-0.2, 0) is 0 Å². The van der Waals surface area contributed by atoms with Crippen LogP contribution in [0.5, 0.6) is 5.75 Å². The van der Waals surface area contributed by atoms with E-state index in [1.807, 2.05) is 24.3 Å². The number of rotatable bonds is 6. The fourth-order valence-electron chi connectivity index (χ4n) is 4.75. The smallest absolute Gasteiger partial charge is 0.285 e. The summed E-state index contributed by atoms with van der Waals surface area (Å²) in [6.07, 6.45) is 7.51. The lowest BCUT2D eigenvalue weighted by Crippen LogP contribution is -2.28. The van der Waals surface area contributed by atoms with Crippen LogP contribution in [0.2, 0.25) is 0 Å². The van der Waals surface area contributed by atoms with Gasteiger partial charge in [-0.25, -0.2) is 4.98 Å². The summed E-state index contributed by atoms with van der Waals surface area (Å²) >= 11 is 0. The zero-order valence-electron chi connectivity index (χ0n) is 19.2. The van der Waals surface area contributed by atoms with Gasteiger partial charge in [0.2, 0.25) is 0 Å². The van der Waals surface area contributed by atoms with Crippen molar-refractivity contribution < 1.29 is 9.63 Å². The van der Waals surface area contributed by atoms with Gasteiger partial charge >= 0.3 is 0 Å². The third-order valence-electron chi connectivity index (χ3n) is 6.62. The number of nitrogens with one attached hydrogen (secondary N) is 2. The first-order valence-corrected chi connectivity index (χ1v) is 11.8. The maximum Gasteiger partial charge on any atom is 0.285 e. The number of benzene rings is 2. The van der Waals surface area contributed by atoms with Gasteiger partial charge in [0.05, 0.1) is 11.1 Å². The molecule has 0 unspecified atom stereocenters. The third kappa shape index (κ3) is 4.86. The topological polar surface area (TPSA) is 76.1 Å². The quantitative estimate of drug-likeness (QED) is 0.362. The molecule has 2 heterocycles. The molecule has 6 heteroatoms. The number of nitrogens with zero attached hydrogens (tertiary/aromatic N) is 2. The molecule has 2 N–H and O–H groups in total. The Bertz CT molecular complexity index is 1280. The highest BCUT2D eigenvalue weighted by Crippen LogP contribution is 2.37. The van der Waals surface area contributed by atoms with Gasteiger partial charge in [0.25, 0.3) is 5.91 Å². The van der Waals surface area contributed by atoms with Crippen LogP contribution in [0.3, 0.4) is 0 Å². The van der Waals surface area contributed by atoms with Gasteiger partial charge in [0, 0.05) is 23.8 Å². The fraction of sp³-hybridized carbons (Fsp3) is 0.250. The van der Waals surface area contributed by atoms with Crippen LogP contribution in [0.4, 0.5) is 5.82 Å². The van der Waals surface area contributed by atoms with Gasteiger partial charge < -0.3 is 10.2 Å². The molecule has 1 amide bonds. The first-order chi connectivity index (χ1) is 16.7. The van der Waals surface area contributed by atoms with Crippen molar-refractivity contribution in [2.45, 2.75) is 44.6 Å². The minimum Gasteiger partial charge on any atom is -0.379 e. The minimum absolute atomic E-state index is 0.313. The van der Waals surface area contributed by atoms with Crippen molar-refractivity contribution in [2.75, 3.05) is 5.32 Å². The van der Waals surface area contributed by atoms with E-state index in [0.29, 0.717) is 23.3 Å². The molecule has 6 nitrogen and oxygen atoms in total. The summed E-state index contributed by atoms with van der Waals surface area (Å²) in [7, 11) is 0. The van der Waals surface area contributed by atoms with Gasteiger partial charge in [-0.15, -0.1) is 0 Å². The highest BCUT2D eigenvalue weighted by Gasteiger charge is 2.24. The van der Waals surface area contributed by atoms with E-state index < -0.39 is 0 Å². The molecule has 172 valence electrons. The summed E-state index contributed by atoms with van der Waals surface area (Å²) in [5.41, 5.74) is 6.37. The summed E-state index contributed by atoms with van der Waals surface area (Å²) in [6, 6.07) is 22.3. The Hall–Kier alpha value is -3.93. The predicted octanol–water partition coefficient (Wildman–Crippen LogP) is 5.80.